The molecule has 2 aliphatic heterocycles. The number of ketones is 1. The Kier molecular flexibility index (Phi) is 4.52. The second kappa shape index (κ2) is 6.57. The molecule has 22 heavy (non-hydrogen) atoms. The van der Waals surface area contributed by atoms with Crippen LogP contribution in [-0.4, -0.2) is 51.2 Å². The third-order valence-electron chi connectivity index (χ3n) is 4.29. The van der Waals surface area contributed by atoms with Crippen LogP contribution in [0.3, 0.4) is 0 Å². The van der Waals surface area contributed by atoms with Gasteiger partial charge in [0.1, 0.15) is 23.3 Å². The van der Waals surface area contributed by atoms with Crippen LogP contribution in [0.5, 0.6) is 5.75 Å². The minimum atomic E-state index is 0.151. The first kappa shape index (κ1) is 15.2. The molecule has 1 unspecified atom stereocenters. The third-order valence-corrected chi connectivity index (χ3v) is 4.29. The molecule has 1 atom stereocenters. The summed E-state index contributed by atoms with van der Waals surface area (Å²) in [5, 5.41) is 3.39. The molecule has 120 valence electrons. The van der Waals surface area contributed by atoms with E-state index >= 15 is 0 Å². The number of hydrogen-bond acceptors (Lipinski definition) is 5. The van der Waals surface area contributed by atoms with E-state index in [1.54, 1.807) is 6.92 Å². The van der Waals surface area contributed by atoms with E-state index in [0.29, 0.717) is 6.42 Å². The van der Waals surface area contributed by atoms with Crippen LogP contribution in [0.15, 0.2) is 18.2 Å². The van der Waals surface area contributed by atoms with Crippen molar-refractivity contribution in [1.29, 1.82) is 0 Å². The number of Topliss-reactive ketones (excluding diaryl/α,β-unsaturated/α-hetero) is 1. The van der Waals surface area contributed by atoms with Gasteiger partial charge in [-0.1, -0.05) is 6.07 Å². The lowest BCUT2D eigenvalue weighted by Gasteiger charge is -2.39. The summed E-state index contributed by atoms with van der Waals surface area (Å²) in [4.78, 5) is 16.1. The van der Waals surface area contributed by atoms with Gasteiger partial charge in [0.15, 0.2) is 0 Å². The summed E-state index contributed by atoms with van der Waals surface area (Å²) < 4.78 is 6.03. The zero-order valence-electron chi connectivity index (χ0n) is 13.5. The maximum Gasteiger partial charge on any atom is 0.145 e. The van der Waals surface area contributed by atoms with Crippen LogP contribution in [0, 0.1) is 0 Å². The van der Waals surface area contributed by atoms with Crippen molar-refractivity contribution in [2.24, 2.45) is 0 Å². The number of piperazine rings is 1. The van der Waals surface area contributed by atoms with Crippen molar-refractivity contribution in [2.45, 2.75) is 26.4 Å². The van der Waals surface area contributed by atoms with Crippen LogP contribution >= 0.6 is 0 Å². The van der Waals surface area contributed by atoms with E-state index < -0.39 is 0 Å². The second-order valence-corrected chi connectivity index (χ2v) is 6.19. The first-order chi connectivity index (χ1) is 10.6. The highest BCUT2D eigenvalue weighted by Crippen LogP contribution is 2.41. The molecule has 1 saturated heterocycles. The molecule has 0 aliphatic carbocycles. The Balaban J connectivity index is 1.92. The maximum atomic E-state index is 11.4. The van der Waals surface area contributed by atoms with Crippen LogP contribution in [-0.2, 0) is 4.79 Å². The molecule has 0 radical (unpaired) electrons. The molecule has 1 aromatic rings. The van der Waals surface area contributed by atoms with Crippen LogP contribution in [0.1, 0.15) is 20.3 Å². The molecule has 0 spiro atoms. The lowest BCUT2D eigenvalue weighted by molar-refractivity contribution is -0.116. The number of benzene rings is 1. The van der Waals surface area contributed by atoms with Crippen molar-refractivity contribution < 1.29 is 9.53 Å². The highest BCUT2D eigenvalue weighted by Gasteiger charge is 2.27. The molecule has 5 nitrogen and oxygen atoms in total. The molecule has 0 bridgehead atoms. The molecular formula is C17H25N3O2. The van der Waals surface area contributed by atoms with Gasteiger partial charge in [-0.25, -0.2) is 0 Å². The fourth-order valence-electron chi connectivity index (χ4n) is 3.24. The fraction of sp³-hybridized carbons (Fsp3) is 0.588. The molecule has 1 N–H and O–H groups in total. The number of carbonyl (C=O) groups is 1. The van der Waals surface area contributed by atoms with Gasteiger partial charge in [0.2, 0.25) is 0 Å². The molecule has 3 rings (SSSR count). The second-order valence-electron chi connectivity index (χ2n) is 6.19. The van der Waals surface area contributed by atoms with Crippen molar-refractivity contribution in [3.05, 3.63) is 18.2 Å². The van der Waals surface area contributed by atoms with E-state index in [1.165, 1.54) is 5.69 Å². The molecule has 2 aliphatic rings. The third kappa shape index (κ3) is 3.19. The summed E-state index contributed by atoms with van der Waals surface area (Å²) in [6.45, 7) is 9.37. The zero-order valence-corrected chi connectivity index (χ0v) is 13.5. The van der Waals surface area contributed by atoms with E-state index in [2.05, 4.69) is 34.2 Å². The van der Waals surface area contributed by atoms with Gasteiger partial charge < -0.3 is 19.9 Å². The van der Waals surface area contributed by atoms with Gasteiger partial charge in [-0.15, -0.1) is 0 Å². The Bertz CT molecular complexity index is 541. The van der Waals surface area contributed by atoms with Crippen LogP contribution in [0.4, 0.5) is 11.4 Å². The smallest absolute Gasteiger partial charge is 0.145 e. The standard InChI is InChI=1S/C17H25N3O2/c1-13(21)6-9-20-12-14(2)22-16-5-3-4-15(17(16)20)19-10-7-18-8-11-19/h3-5,14,18H,6-12H2,1-2H3. The van der Waals surface area contributed by atoms with Gasteiger partial charge in [0, 0.05) is 39.1 Å². The monoisotopic (exact) mass is 303 g/mol. The van der Waals surface area contributed by atoms with Crippen molar-refractivity contribution >= 4 is 17.2 Å². The van der Waals surface area contributed by atoms with Crippen LogP contribution < -0.4 is 19.9 Å². The van der Waals surface area contributed by atoms with Crippen molar-refractivity contribution in [1.82, 2.24) is 5.32 Å². The number of carbonyl (C=O) groups excluding carboxylic acids is 1. The van der Waals surface area contributed by atoms with Crippen molar-refractivity contribution in [3.63, 3.8) is 0 Å². The largest absolute Gasteiger partial charge is 0.487 e. The Morgan fingerprint density at radius 1 is 1.36 bits per heavy atom. The summed E-state index contributed by atoms with van der Waals surface area (Å²) in [5.41, 5.74) is 2.39. The summed E-state index contributed by atoms with van der Waals surface area (Å²) in [6.07, 6.45) is 0.736. The number of ether oxygens (including phenoxy) is 1. The predicted octanol–water partition coefficient (Wildman–Crippen LogP) is 1.66. The van der Waals surface area contributed by atoms with Gasteiger partial charge in [-0.3, -0.25) is 4.79 Å². The van der Waals surface area contributed by atoms with Gasteiger partial charge >= 0.3 is 0 Å². The number of fused-ring (bicyclic) bond motifs is 1. The maximum absolute atomic E-state index is 11.4. The Morgan fingerprint density at radius 3 is 2.86 bits per heavy atom. The van der Waals surface area contributed by atoms with Gasteiger partial charge in [0.25, 0.3) is 0 Å². The average Bonchev–Trinajstić information content (AvgIpc) is 2.52. The lowest BCUT2D eigenvalue weighted by atomic mass is 10.1. The van der Waals surface area contributed by atoms with E-state index in [4.69, 9.17) is 4.74 Å². The van der Waals surface area contributed by atoms with Gasteiger partial charge in [0.05, 0.1) is 12.2 Å². The summed E-state index contributed by atoms with van der Waals surface area (Å²) >= 11 is 0. The Hall–Kier alpha value is -1.75. The number of rotatable bonds is 4. The summed E-state index contributed by atoms with van der Waals surface area (Å²) in [7, 11) is 0. The average molecular weight is 303 g/mol. The molecule has 5 heteroatoms. The highest BCUT2D eigenvalue weighted by molar-refractivity contribution is 5.80. The minimum absolute atomic E-state index is 0.151. The highest BCUT2D eigenvalue weighted by atomic mass is 16.5. The SMILES string of the molecule is CC(=O)CCN1CC(C)Oc2cccc(N3CCNCC3)c21. The lowest BCUT2D eigenvalue weighted by Crippen LogP contribution is -2.45. The molecule has 1 aromatic carbocycles. The summed E-state index contributed by atoms with van der Waals surface area (Å²) in [6, 6.07) is 6.28. The zero-order chi connectivity index (χ0) is 15.5. The molecule has 2 heterocycles. The number of nitrogens with one attached hydrogen (secondary N) is 1. The first-order valence-corrected chi connectivity index (χ1v) is 8.15. The first-order valence-electron chi connectivity index (χ1n) is 8.15. The van der Waals surface area contributed by atoms with Crippen LogP contribution in [0.2, 0.25) is 0 Å². The van der Waals surface area contributed by atoms with Crippen molar-refractivity contribution in [2.75, 3.05) is 49.1 Å². The number of hydrogen-bond donors (Lipinski definition) is 1. The predicted molar refractivity (Wildman–Crippen MR) is 89.1 cm³/mol. The topological polar surface area (TPSA) is 44.8 Å². The fourth-order valence-corrected chi connectivity index (χ4v) is 3.24. The number of anilines is 2. The number of nitrogens with zero attached hydrogens (tertiary/aromatic N) is 2. The van der Waals surface area contributed by atoms with E-state index in [1.807, 2.05) is 6.07 Å². The van der Waals surface area contributed by atoms with Crippen LogP contribution in [0.25, 0.3) is 0 Å². The van der Waals surface area contributed by atoms with Gasteiger partial charge in [-0.2, -0.15) is 0 Å². The van der Waals surface area contributed by atoms with E-state index in [0.717, 1.165) is 50.7 Å². The Morgan fingerprint density at radius 2 is 2.14 bits per heavy atom. The number of para-hydroxylation sites is 1. The molecule has 1 fully saturated rings. The van der Waals surface area contributed by atoms with Crippen molar-refractivity contribution in [3.8, 4) is 5.75 Å². The van der Waals surface area contributed by atoms with Gasteiger partial charge in [-0.05, 0) is 26.0 Å². The molecule has 0 amide bonds. The van der Waals surface area contributed by atoms with E-state index in [9.17, 15) is 4.79 Å². The minimum Gasteiger partial charge on any atom is -0.487 e. The van der Waals surface area contributed by atoms with E-state index in [-0.39, 0.29) is 11.9 Å². The molecular weight excluding hydrogens is 278 g/mol. The Labute approximate surface area is 132 Å². The molecule has 0 aromatic heterocycles. The normalized spacial score (nSPS) is 21.3. The molecule has 0 saturated carbocycles. The quantitative estimate of drug-likeness (QED) is 0.916. The summed E-state index contributed by atoms with van der Waals surface area (Å²) in [5.74, 6) is 1.18.